The molecule has 0 amide bonds. The molecule has 2 rings (SSSR count). The molecule has 0 aromatic heterocycles. The Morgan fingerprint density at radius 1 is 0.535 bits per heavy atom. The molecule has 0 saturated carbocycles. The Bertz CT molecular complexity index is 1080. The summed E-state index contributed by atoms with van der Waals surface area (Å²) in [5.41, 5.74) is -1.10. The molecule has 17 heteroatoms. The molecule has 0 radical (unpaired) electrons. The molecule has 2 heterocycles. The molecule has 2 aliphatic heterocycles. The van der Waals surface area contributed by atoms with Crippen LogP contribution in [0.1, 0.15) is 55.4 Å². The predicted octanol–water partition coefficient (Wildman–Crippen LogP) is 0.343. The van der Waals surface area contributed by atoms with Gasteiger partial charge in [-0.3, -0.25) is 33.6 Å². The third-order valence-electron chi connectivity index (χ3n) is 5.85. The van der Waals surface area contributed by atoms with E-state index in [4.69, 9.17) is 42.6 Å². The molecule has 0 spiro atoms. The van der Waals surface area contributed by atoms with Gasteiger partial charge in [0.1, 0.15) is 18.8 Å². The van der Waals surface area contributed by atoms with Crippen LogP contribution in [0.5, 0.6) is 0 Å². The maximum atomic E-state index is 12.2. The highest BCUT2D eigenvalue weighted by Gasteiger charge is 2.56. The van der Waals surface area contributed by atoms with Gasteiger partial charge in [0, 0.05) is 53.7 Å². The fourth-order valence-electron chi connectivity index (χ4n) is 4.51. The van der Waals surface area contributed by atoms with E-state index in [9.17, 15) is 33.6 Å². The van der Waals surface area contributed by atoms with Crippen LogP contribution in [0, 0.1) is 0 Å². The van der Waals surface area contributed by atoms with E-state index in [-0.39, 0.29) is 0 Å². The van der Waals surface area contributed by atoms with Gasteiger partial charge >= 0.3 is 41.8 Å². The van der Waals surface area contributed by atoms with Crippen LogP contribution < -0.4 is 0 Å². The molecule has 0 aromatic rings. The number of ether oxygens (including phenoxy) is 9. The van der Waals surface area contributed by atoms with E-state index < -0.39 is 108 Å². The van der Waals surface area contributed by atoms with Crippen molar-refractivity contribution in [1.82, 2.24) is 0 Å². The van der Waals surface area contributed by atoms with Gasteiger partial charge in [0.25, 0.3) is 0 Å². The number of hydrogen-bond acceptors (Lipinski definition) is 17. The number of carbonyl (C=O) groups excluding carboxylic acids is 7. The Morgan fingerprint density at radius 3 is 1.42 bits per heavy atom. The molecule has 16 nitrogen and oxygen atoms in total. The highest BCUT2D eigenvalue weighted by Crippen LogP contribution is 2.40. The first kappa shape index (κ1) is 35.8. The van der Waals surface area contributed by atoms with Gasteiger partial charge in [0.05, 0.1) is 0 Å². The summed E-state index contributed by atoms with van der Waals surface area (Å²) in [6.07, 6.45) is -11.3. The normalized spacial score (nSPS) is 31.9. The minimum atomic E-state index is -1.62. The number of rotatable bonds is 10. The van der Waals surface area contributed by atoms with Crippen molar-refractivity contribution in [3.63, 3.8) is 0 Å². The number of hydrogen-bond donors (Lipinski definition) is 0. The summed E-state index contributed by atoms with van der Waals surface area (Å²) in [6.45, 7) is 8.83. The molecule has 2 fully saturated rings. The Balaban J connectivity index is 2.61. The zero-order valence-corrected chi connectivity index (χ0v) is 25.7. The van der Waals surface area contributed by atoms with E-state index in [0.29, 0.717) is 0 Å². The third-order valence-corrected chi connectivity index (χ3v) is 7.18. The second-order valence-electron chi connectivity index (χ2n) is 9.64. The highest BCUT2D eigenvalue weighted by atomic mass is 32.2. The van der Waals surface area contributed by atoms with Gasteiger partial charge in [0.15, 0.2) is 42.2 Å². The van der Waals surface area contributed by atoms with Crippen molar-refractivity contribution in [2.24, 2.45) is 0 Å². The molecular formula is C26H36O16S. The van der Waals surface area contributed by atoms with E-state index in [1.54, 1.807) is 6.92 Å². The zero-order chi connectivity index (χ0) is 32.6. The summed E-state index contributed by atoms with van der Waals surface area (Å²) >= 11 is 1.02. The van der Waals surface area contributed by atoms with Crippen molar-refractivity contribution >= 4 is 53.5 Å². The molecule has 43 heavy (non-hydrogen) atoms. The first-order valence-electron chi connectivity index (χ1n) is 13.1. The minimum absolute atomic E-state index is 0.495. The van der Waals surface area contributed by atoms with Gasteiger partial charge in [-0.1, -0.05) is 6.92 Å². The molecule has 0 aromatic carbocycles. The lowest BCUT2D eigenvalue weighted by molar-refractivity contribution is -0.325. The van der Waals surface area contributed by atoms with Crippen LogP contribution in [0.3, 0.4) is 0 Å². The number of carbonyl (C=O) groups is 7. The molecule has 10 atom stereocenters. The van der Waals surface area contributed by atoms with Gasteiger partial charge in [-0.15, -0.1) is 11.8 Å². The fraction of sp³-hybridized carbons (Fsp3) is 0.731. The van der Waals surface area contributed by atoms with Crippen LogP contribution in [0.4, 0.5) is 0 Å². The average Bonchev–Trinajstić information content (AvgIpc) is 2.84. The predicted molar refractivity (Wildman–Crippen MR) is 141 cm³/mol. The summed E-state index contributed by atoms with van der Waals surface area (Å²) < 4.78 is 49.7. The summed E-state index contributed by atoms with van der Waals surface area (Å²) in [6, 6.07) is 0. The smallest absolute Gasteiger partial charge is 0.303 e. The quantitative estimate of drug-likeness (QED) is 0.234. The highest BCUT2D eigenvalue weighted by molar-refractivity contribution is 8.00. The summed E-state index contributed by atoms with van der Waals surface area (Å²) in [7, 11) is 0. The Hall–Kier alpha value is -3.44. The van der Waals surface area contributed by atoms with Crippen LogP contribution >= 0.6 is 11.8 Å². The van der Waals surface area contributed by atoms with Crippen molar-refractivity contribution in [3.8, 4) is 0 Å². The summed E-state index contributed by atoms with van der Waals surface area (Å²) in [5, 5.41) is -0.660. The zero-order valence-electron chi connectivity index (χ0n) is 24.9. The lowest BCUT2D eigenvalue weighted by Gasteiger charge is -2.48. The Morgan fingerprint density at radius 2 is 0.953 bits per heavy atom. The molecule has 242 valence electrons. The van der Waals surface area contributed by atoms with Gasteiger partial charge in [-0.25, -0.2) is 0 Å². The third kappa shape index (κ3) is 10.7. The number of thioether (sulfide) groups is 1. The largest absolute Gasteiger partial charge is 0.463 e. The molecule has 0 N–H and O–H groups in total. The Labute approximate surface area is 251 Å². The standard InChI is InChI=1S/C26H36O16S/c1-10-19(21(36-13(4)29)24(39-16(7)32)26(43-10)40-17(8)33)42-25-23(38-15(6)31)22(37-14(5)30)20(35-12(3)28)18(41-25)9-34-11(2)27/h10,18-26H,9H2,1-8H3/t10-,18+,19+,20-,21-,22-,23+,24+,25-,26-/m0/s1. The topological polar surface area (TPSA) is 203 Å². The van der Waals surface area contributed by atoms with Gasteiger partial charge in [-0.05, 0) is 0 Å². The molecular weight excluding hydrogens is 600 g/mol. The van der Waals surface area contributed by atoms with E-state index in [1.807, 2.05) is 0 Å². The molecule has 0 bridgehead atoms. The lowest BCUT2D eigenvalue weighted by atomic mass is 9.97. The maximum absolute atomic E-state index is 12.2. The minimum Gasteiger partial charge on any atom is -0.463 e. The molecule has 2 aliphatic rings. The molecule has 2 saturated heterocycles. The van der Waals surface area contributed by atoms with Crippen LogP contribution in [-0.4, -0.2) is 108 Å². The average molecular weight is 637 g/mol. The van der Waals surface area contributed by atoms with E-state index >= 15 is 0 Å². The first-order valence-corrected chi connectivity index (χ1v) is 14.1. The van der Waals surface area contributed by atoms with Gasteiger partial charge in [-0.2, -0.15) is 0 Å². The summed E-state index contributed by atoms with van der Waals surface area (Å²) in [5.74, 6) is -5.48. The Kier molecular flexibility index (Phi) is 13.2. The van der Waals surface area contributed by atoms with Crippen LogP contribution in [-0.2, 0) is 76.2 Å². The molecule has 0 unspecified atom stereocenters. The second-order valence-corrected chi connectivity index (χ2v) is 11.1. The van der Waals surface area contributed by atoms with Crippen molar-refractivity contribution in [1.29, 1.82) is 0 Å². The SMILES string of the molecule is CC(=O)OC[C@H]1O[C@@H](O[C@H]2[C@H](OC(C)=O)[C@@H](OC(C)=O)[C@@H](OC(C)=O)S[C@H]2C)[C@H](OC(C)=O)[C@@H](OC(C)=O)[C@H]1OC(C)=O. The monoisotopic (exact) mass is 636 g/mol. The van der Waals surface area contributed by atoms with Gasteiger partial charge < -0.3 is 42.6 Å². The van der Waals surface area contributed by atoms with E-state index in [0.717, 1.165) is 60.2 Å². The van der Waals surface area contributed by atoms with E-state index in [1.165, 1.54) is 0 Å². The van der Waals surface area contributed by atoms with E-state index in [2.05, 4.69) is 0 Å². The van der Waals surface area contributed by atoms with Crippen molar-refractivity contribution in [3.05, 3.63) is 0 Å². The first-order chi connectivity index (χ1) is 20.0. The van der Waals surface area contributed by atoms with Crippen molar-refractivity contribution in [2.45, 2.75) is 115 Å². The van der Waals surface area contributed by atoms with Crippen LogP contribution in [0.15, 0.2) is 0 Å². The summed E-state index contributed by atoms with van der Waals surface area (Å²) in [4.78, 5) is 83.8. The number of esters is 7. The second kappa shape index (κ2) is 15.9. The lowest BCUT2D eigenvalue weighted by Crippen LogP contribution is -2.65. The maximum Gasteiger partial charge on any atom is 0.303 e. The van der Waals surface area contributed by atoms with Crippen LogP contribution in [0.2, 0.25) is 0 Å². The van der Waals surface area contributed by atoms with Crippen molar-refractivity contribution in [2.75, 3.05) is 6.61 Å². The van der Waals surface area contributed by atoms with Gasteiger partial charge in [0.2, 0.25) is 0 Å². The van der Waals surface area contributed by atoms with Crippen molar-refractivity contribution < 1.29 is 76.2 Å². The fourth-order valence-corrected chi connectivity index (χ4v) is 5.87. The van der Waals surface area contributed by atoms with Crippen LogP contribution in [0.25, 0.3) is 0 Å². The molecule has 0 aliphatic carbocycles.